The molecule has 1 unspecified atom stereocenters. The van der Waals surface area contributed by atoms with Crippen molar-refractivity contribution in [1.82, 2.24) is 10.3 Å². The third-order valence-electron chi connectivity index (χ3n) is 6.77. The van der Waals surface area contributed by atoms with Gasteiger partial charge in [-0.15, -0.1) is 0 Å². The van der Waals surface area contributed by atoms with Gasteiger partial charge in [0.15, 0.2) is 6.04 Å². The van der Waals surface area contributed by atoms with Crippen LogP contribution in [0, 0.1) is 5.92 Å². The third-order valence-corrected chi connectivity index (χ3v) is 6.77. The van der Waals surface area contributed by atoms with Gasteiger partial charge < -0.3 is 20.5 Å². The Morgan fingerprint density at radius 2 is 2.03 bits per heavy atom. The Kier molecular flexibility index (Phi) is 8.83. The standard InChI is InChI=1S/C25H37N3O5/c1-3-33-24(31)22(27-17(2)29)25(32)14-12-18(13-15-25)21(30)9-5-4-8-20-11-10-19-7-6-16-26-23(19)28-20/h10-11,18,22,32H,3-9,12-16H2,1-2H3,(H,26,28)(H,27,29). The first kappa shape index (κ1) is 25.1. The number of aliphatic hydroxyl groups is 1. The van der Waals surface area contributed by atoms with Crippen LogP contribution in [-0.2, 0) is 32.0 Å². The van der Waals surface area contributed by atoms with E-state index in [4.69, 9.17) is 9.72 Å². The first-order valence-corrected chi connectivity index (χ1v) is 12.2. The lowest BCUT2D eigenvalue weighted by Crippen LogP contribution is -2.58. The largest absolute Gasteiger partial charge is 0.464 e. The van der Waals surface area contributed by atoms with E-state index in [1.54, 1.807) is 6.92 Å². The Balaban J connectivity index is 1.44. The highest BCUT2D eigenvalue weighted by Crippen LogP contribution is 2.36. The Hall–Kier alpha value is -2.48. The maximum absolute atomic E-state index is 12.7. The van der Waals surface area contributed by atoms with Gasteiger partial charge in [-0.1, -0.05) is 6.07 Å². The second-order valence-electron chi connectivity index (χ2n) is 9.28. The van der Waals surface area contributed by atoms with Crippen LogP contribution in [0.5, 0.6) is 0 Å². The number of hydrogen-bond donors (Lipinski definition) is 3. The lowest BCUT2D eigenvalue weighted by atomic mass is 9.73. The highest BCUT2D eigenvalue weighted by Gasteiger charge is 2.46. The van der Waals surface area contributed by atoms with Crippen LogP contribution >= 0.6 is 0 Å². The fourth-order valence-corrected chi connectivity index (χ4v) is 4.89. The second kappa shape index (κ2) is 11.6. The number of carbonyl (C=O) groups excluding carboxylic acids is 3. The molecule has 0 aromatic carbocycles. The van der Waals surface area contributed by atoms with Gasteiger partial charge in [0.05, 0.1) is 12.2 Å². The molecule has 2 aliphatic rings. The number of aryl methyl sites for hydroxylation is 2. The van der Waals surface area contributed by atoms with Crippen LogP contribution in [0.1, 0.15) is 76.5 Å². The molecule has 0 spiro atoms. The number of nitrogens with zero attached hydrogens (tertiary/aromatic N) is 1. The zero-order valence-electron chi connectivity index (χ0n) is 19.8. The van der Waals surface area contributed by atoms with E-state index in [2.05, 4.69) is 22.8 Å². The lowest BCUT2D eigenvalue weighted by molar-refractivity contribution is -0.158. The fraction of sp³-hybridized carbons (Fsp3) is 0.680. The summed E-state index contributed by atoms with van der Waals surface area (Å²) < 4.78 is 5.04. The van der Waals surface area contributed by atoms with Gasteiger partial charge in [-0.05, 0) is 76.3 Å². The van der Waals surface area contributed by atoms with Crippen molar-refractivity contribution < 1.29 is 24.2 Å². The number of pyridine rings is 1. The van der Waals surface area contributed by atoms with Gasteiger partial charge in [0.25, 0.3) is 0 Å². The van der Waals surface area contributed by atoms with E-state index >= 15 is 0 Å². The van der Waals surface area contributed by atoms with E-state index in [-0.39, 0.29) is 31.1 Å². The number of rotatable bonds is 10. The van der Waals surface area contributed by atoms with Gasteiger partial charge in [0, 0.05) is 31.5 Å². The molecule has 8 nitrogen and oxygen atoms in total. The molecule has 1 aliphatic carbocycles. The van der Waals surface area contributed by atoms with Crippen LogP contribution in [0.3, 0.4) is 0 Å². The van der Waals surface area contributed by atoms with Crippen molar-refractivity contribution in [2.24, 2.45) is 5.92 Å². The van der Waals surface area contributed by atoms with Crippen molar-refractivity contribution in [2.75, 3.05) is 18.5 Å². The smallest absolute Gasteiger partial charge is 0.331 e. The van der Waals surface area contributed by atoms with Gasteiger partial charge in [-0.2, -0.15) is 0 Å². The number of Topliss-reactive ketones (excluding diaryl/α,β-unsaturated/α-hetero) is 1. The molecule has 33 heavy (non-hydrogen) atoms. The summed E-state index contributed by atoms with van der Waals surface area (Å²) in [5.74, 6) is 0.0700. The molecule has 1 aliphatic heterocycles. The molecule has 2 heterocycles. The summed E-state index contributed by atoms with van der Waals surface area (Å²) in [5, 5.41) is 17.0. The van der Waals surface area contributed by atoms with Crippen LogP contribution in [0.25, 0.3) is 0 Å². The summed E-state index contributed by atoms with van der Waals surface area (Å²) in [7, 11) is 0. The maximum Gasteiger partial charge on any atom is 0.331 e. The molecule has 0 radical (unpaired) electrons. The van der Waals surface area contributed by atoms with Crippen LogP contribution in [-0.4, -0.2) is 52.5 Å². The first-order valence-electron chi connectivity index (χ1n) is 12.2. The highest BCUT2D eigenvalue weighted by molar-refractivity contribution is 5.85. The van der Waals surface area contributed by atoms with Crippen molar-refractivity contribution in [3.63, 3.8) is 0 Å². The summed E-state index contributed by atoms with van der Waals surface area (Å²) in [6.07, 6.45) is 6.86. The Bertz CT molecular complexity index is 848. The topological polar surface area (TPSA) is 118 Å². The monoisotopic (exact) mass is 459 g/mol. The molecule has 1 atom stereocenters. The number of esters is 1. The fourth-order valence-electron chi connectivity index (χ4n) is 4.89. The molecule has 3 N–H and O–H groups in total. The van der Waals surface area contributed by atoms with E-state index in [1.807, 2.05) is 0 Å². The van der Waals surface area contributed by atoms with Crippen LogP contribution in [0.15, 0.2) is 12.1 Å². The maximum atomic E-state index is 12.7. The van der Waals surface area contributed by atoms with Crippen LogP contribution in [0.2, 0.25) is 0 Å². The quantitative estimate of drug-likeness (QED) is 0.364. The Morgan fingerprint density at radius 3 is 2.73 bits per heavy atom. The number of fused-ring (bicyclic) bond motifs is 1. The first-order chi connectivity index (χ1) is 15.8. The molecule has 1 saturated carbocycles. The summed E-state index contributed by atoms with van der Waals surface area (Å²) in [6, 6.07) is 3.14. The minimum absolute atomic E-state index is 0.114. The number of ether oxygens (including phenoxy) is 1. The van der Waals surface area contributed by atoms with Gasteiger partial charge in [0.2, 0.25) is 5.91 Å². The third kappa shape index (κ3) is 6.76. The SMILES string of the molecule is CCOC(=O)C(NC(C)=O)C1(O)CCC(C(=O)CCCCc2ccc3c(n2)NCCC3)CC1. The summed E-state index contributed by atoms with van der Waals surface area (Å²) in [5.41, 5.74) is 0.948. The van der Waals surface area contributed by atoms with Crippen molar-refractivity contribution >= 4 is 23.5 Å². The molecule has 1 fully saturated rings. The minimum atomic E-state index is -1.39. The van der Waals surface area contributed by atoms with Crippen LogP contribution in [0.4, 0.5) is 5.82 Å². The van der Waals surface area contributed by atoms with E-state index in [0.717, 1.165) is 50.2 Å². The minimum Gasteiger partial charge on any atom is -0.464 e. The highest BCUT2D eigenvalue weighted by atomic mass is 16.5. The molecule has 0 bridgehead atoms. The number of hydrogen-bond acceptors (Lipinski definition) is 7. The predicted molar refractivity (Wildman–Crippen MR) is 125 cm³/mol. The normalized spacial score (nSPS) is 23.1. The molecule has 3 rings (SSSR count). The Labute approximate surface area is 195 Å². The van der Waals surface area contributed by atoms with Crippen molar-refractivity contribution in [1.29, 1.82) is 0 Å². The van der Waals surface area contributed by atoms with E-state index in [9.17, 15) is 19.5 Å². The average molecular weight is 460 g/mol. The summed E-state index contributed by atoms with van der Waals surface area (Å²) in [6.45, 7) is 4.13. The molecular formula is C25H37N3O5. The second-order valence-corrected chi connectivity index (χ2v) is 9.28. The number of anilines is 1. The molecule has 8 heteroatoms. The zero-order chi connectivity index (χ0) is 23.8. The van der Waals surface area contributed by atoms with Crippen molar-refractivity contribution in [2.45, 2.75) is 89.7 Å². The molecular weight excluding hydrogens is 422 g/mol. The predicted octanol–water partition coefficient (Wildman–Crippen LogP) is 2.71. The summed E-state index contributed by atoms with van der Waals surface area (Å²) >= 11 is 0. The molecule has 1 aromatic heterocycles. The van der Waals surface area contributed by atoms with Gasteiger partial charge in [-0.3, -0.25) is 9.59 Å². The van der Waals surface area contributed by atoms with E-state index in [1.165, 1.54) is 12.5 Å². The van der Waals surface area contributed by atoms with Crippen molar-refractivity contribution in [3.05, 3.63) is 23.4 Å². The molecule has 182 valence electrons. The molecule has 1 amide bonds. The molecule has 0 saturated heterocycles. The van der Waals surface area contributed by atoms with Crippen LogP contribution < -0.4 is 10.6 Å². The zero-order valence-corrected chi connectivity index (χ0v) is 19.8. The number of aromatic nitrogens is 1. The Morgan fingerprint density at radius 1 is 1.27 bits per heavy atom. The van der Waals surface area contributed by atoms with Gasteiger partial charge in [-0.25, -0.2) is 9.78 Å². The number of amides is 1. The number of ketones is 1. The number of nitrogens with one attached hydrogen (secondary N) is 2. The van der Waals surface area contributed by atoms with E-state index < -0.39 is 23.5 Å². The molecule has 1 aromatic rings. The van der Waals surface area contributed by atoms with Gasteiger partial charge in [0.1, 0.15) is 11.6 Å². The lowest BCUT2D eigenvalue weighted by Gasteiger charge is -2.40. The van der Waals surface area contributed by atoms with Gasteiger partial charge >= 0.3 is 5.97 Å². The number of unbranched alkanes of at least 4 members (excludes halogenated alkanes) is 1. The van der Waals surface area contributed by atoms with Crippen molar-refractivity contribution in [3.8, 4) is 0 Å². The number of carbonyl (C=O) groups is 3. The average Bonchev–Trinajstić information content (AvgIpc) is 2.80. The van der Waals surface area contributed by atoms with E-state index in [0.29, 0.717) is 19.3 Å². The summed E-state index contributed by atoms with van der Waals surface area (Å²) in [4.78, 5) is 41.3.